The molecule has 0 fully saturated rings. The van der Waals surface area contributed by atoms with Crippen LogP contribution in [0.3, 0.4) is 0 Å². The maximum absolute atomic E-state index is 11.1. The molecule has 1 N–H and O–H groups in total. The van der Waals surface area contributed by atoms with Crippen LogP contribution in [0, 0.1) is 24.0 Å². The summed E-state index contributed by atoms with van der Waals surface area (Å²) >= 11 is 0. The van der Waals surface area contributed by atoms with E-state index in [1.807, 2.05) is 12.1 Å². The lowest BCUT2D eigenvalue weighted by molar-refractivity contribution is -0.386. The van der Waals surface area contributed by atoms with Gasteiger partial charge in [0.15, 0.2) is 0 Å². The predicted molar refractivity (Wildman–Crippen MR) is 80.0 cm³/mol. The molecule has 21 heavy (non-hydrogen) atoms. The minimum atomic E-state index is -0.340. The number of hydrogen-bond acceptors (Lipinski definition) is 5. The molecular formula is C15H18N4O2. The van der Waals surface area contributed by atoms with Gasteiger partial charge in [-0.2, -0.15) is 0 Å². The van der Waals surface area contributed by atoms with Gasteiger partial charge in [-0.25, -0.2) is 0 Å². The van der Waals surface area contributed by atoms with Gasteiger partial charge in [0.25, 0.3) is 5.69 Å². The topological polar surface area (TPSA) is 81.0 Å². The first-order valence-electron chi connectivity index (χ1n) is 6.78. The van der Waals surface area contributed by atoms with Crippen molar-refractivity contribution in [2.24, 2.45) is 0 Å². The van der Waals surface area contributed by atoms with E-state index in [1.54, 1.807) is 32.4 Å². The van der Waals surface area contributed by atoms with Crippen molar-refractivity contribution in [3.8, 4) is 0 Å². The number of aromatic nitrogens is 2. The van der Waals surface area contributed by atoms with Crippen LogP contribution in [0.5, 0.6) is 0 Å². The number of rotatable bonds is 6. The number of nitrogens with one attached hydrogen (secondary N) is 1. The van der Waals surface area contributed by atoms with Gasteiger partial charge in [0, 0.05) is 36.3 Å². The molecule has 0 saturated carbocycles. The zero-order valence-corrected chi connectivity index (χ0v) is 12.2. The first-order chi connectivity index (χ1) is 10.1. The molecule has 0 saturated heterocycles. The van der Waals surface area contributed by atoms with Crippen LogP contribution in [-0.2, 0) is 13.0 Å². The molecule has 0 aliphatic carbocycles. The maximum Gasteiger partial charge on any atom is 0.278 e. The highest BCUT2D eigenvalue weighted by Gasteiger charge is 2.18. The van der Waals surface area contributed by atoms with E-state index < -0.39 is 0 Å². The Balaban J connectivity index is 1.95. The van der Waals surface area contributed by atoms with Crippen molar-refractivity contribution in [2.45, 2.75) is 26.8 Å². The summed E-state index contributed by atoms with van der Waals surface area (Å²) in [6.45, 7) is 4.77. The third-order valence-corrected chi connectivity index (χ3v) is 3.39. The summed E-state index contributed by atoms with van der Waals surface area (Å²) in [7, 11) is 0. The Morgan fingerprint density at radius 2 is 2.00 bits per heavy atom. The van der Waals surface area contributed by atoms with Crippen molar-refractivity contribution in [3.05, 3.63) is 63.2 Å². The third kappa shape index (κ3) is 3.82. The summed E-state index contributed by atoms with van der Waals surface area (Å²) < 4.78 is 0. The Kier molecular flexibility index (Phi) is 4.94. The Labute approximate surface area is 123 Å². The van der Waals surface area contributed by atoms with Crippen LogP contribution in [0.15, 0.2) is 30.7 Å². The number of hydrogen-bond donors (Lipinski definition) is 1. The summed E-state index contributed by atoms with van der Waals surface area (Å²) in [6.07, 6.45) is 5.98. The number of pyridine rings is 2. The Morgan fingerprint density at radius 1 is 1.29 bits per heavy atom. The van der Waals surface area contributed by atoms with Crippen molar-refractivity contribution in [1.29, 1.82) is 0 Å². The van der Waals surface area contributed by atoms with E-state index in [0.717, 1.165) is 18.7 Å². The van der Waals surface area contributed by atoms with Crippen LogP contribution in [0.25, 0.3) is 0 Å². The SMILES string of the molecule is Cc1cnc(CNCCc2ccncc2)c(C)c1[N+](=O)[O-]. The zero-order valence-electron chi connectivity index (χ0n) is 12.2. The van der Waals surface area contributed by atoms with E-state index in [4.69, 9.17) is 0 Å². The van der Waals surface area contributed by atoms with Crippen molar-refractivity contribution in [1.82, 2.24) is 15.3 Å². The largest absolute Gasteiger partial charge is 0.311 e. The molecule has 0 unspecified atom stereocenters. The summed E-state index contributed by atoms with van der Waals surface area (Å²) in [4.78, 5) is 19.0. The summed E-state index contributed by atoms with van der Waals surface area (Å²) in [5.41, 5.74) is 3.32. The van der Waals surface area contributed by atoms with Crippen molar-refractivity contribution in [3.63, 3.8) is 0 Å². The van der Waals surface area contributed by atoms with E-state index in [1.165, 1.54) is 5.56 Å². The van der Waals surface area contributed by atoms with Gasteiger partial charge in [-0.15, -0.1) is 0 Å². The monoisotopic (exact) mass is 286 g/mol. The molecule has 0 aliphatic rings. The molecule has 6 heteroatoms. The molecule has 2 aromatic heterocycles. The Hall–Kier alpha value is -2.34. The van der Waals surface area contributed by atoms with Crippen LogP contribution in [-0.4, -0.2) is 21.4 Å². The molecule has 0 bridgehead atoms. The molecule has 0 aromatic carbocycles. The van der Waals surface area contributed by atoms with E-state index in [2.05, 4.69) is 15.3 Å². The second-order valence-electron chi connectivity index (χ2n) is 4.90. The lowest BCUT2D eigenvalue weighted by Crippen LogP contribution is -2.18. The summed E-state index contributed by atoms with van der Waals surface area (Å²) in [5.74, 6) is 0. The highest BCUT2D eigenvalue weighted by molar-refractivity contribution is 5.47. The zero-order chi connectivity index (χ0) is 15.2. The van der Waals surface area contributed by atoms with Gasteiger partial charge in [0.1, 0.15) is 0 Å². The molecule has 2 heterocycles. The average Bonchev–Trinajstić information content (AvgIpc) is 2.46. The Bertz CT molecular complexity index is 629. The molecule has 6 nitrogen and oxygen atoms in total. The molecular weight excluding hydrogens is 268 g/mol. The fourth-order valence-corrected chi connectivity index (χ4v) is 2.21. The van der Waals surface area contributed by atoms with E-state index >= 15 is 0 Å². The van der Waals surface area contributed by atoms with Crippen LogP contribution in [0.1, 0.15) is 22.4 Å². The van der Waals surface area contributed by atoms with E-state index in [0.29, 0.717) is 17.7 Å². The van der Waals surface area contributed by atoms with Gasteiger partial charge in [-0.1, -0.05) is 0 Å². The summed E-state index contributed by atoms with van der Waals surface area (Å²) in [5, 5.41) is 14.3. The van der Waals surface area contributed by atoms with Gasteiger partial charge >= 0.3 is 0 Å². The quantitative estimate of drug-likeness (QED) is 0.501. The molecule has 0 atom stereocenters. The second-order valence-corrected chi connectivity index (χ2v) is 4.90. The number of nitro groups is 1. The van der Waals surface area contributed by atoms with E-state index in [9.17, 15) is 10.1 Å². The van der Waals surface area contributed by atoms with Crippen LogP contribution in [0.2, 0.25) is 0 Å². The van der Waals surface area contributed by atoms with Gasteiger partial charge in [-0.3, -0.25) is 20.1 Å². The molecule has 0 amide bonds. The average molecular weight is 286 g/mol. The second kappa shape index (κ2) is 6.90. The molecule has 0 aliphatic heterocycles. The smallest absolute Gasteiger partial charge is 0.278 e. The molecule has 110 valence electrons. The lowest BCUT2D eigenvalue weighted by Gasteiger charge is -2.09. The van der Waals surface area contributed by atoms with Gasteiger partial charge in [0.05, 0.1) is 10.6 Å². The number of aryl methyl sites for hydroxylation is 1. The Morgan fingerprint density at radius 3 is 2.67 bits per heavy atom. The predicted octanol–water partition coefficient (Wildman–Crippen LogP) is 2.33. The van der Waals surface area contributed by atoms with Gasteiger partial charge in [0.2, 0.25) is 0 Å². The highest BCUT2D eigenvalue weighted by atomic mass is 16.6. The fraction of sp³-hybridized carbons (Fsp3) is 0.333. The van der Waals surface area contributed by atoms with Crippen LogP contribution in [0.4, 0.5) is 5.69 Å². The minimum absolute atomic E-state index is 0.163. The normalized spacial score (nSPS) is 10.6. The van der Waals surface area contributed by atoms with Crippen molar-refractivity contribution in [2.75, 3.05) is 6.54 Å². The van der Waals surface area contributed by atoms with E-state index in [-0.39, 0.29) is 10.6 Å². The molecule has 2 aromatic rings. The van der Waals surface area contributed by atoms with Crippen molar-refractivity contribution >= 4 is 5.69 Å². The number of nitrogens with zero attached hydrogens (tertiary/aromatic N) is 3. The maximum atomic E-state index is 11.1. The standard InChI is InChI=1S/C15H18N4O2/c1-11-9-18-14(12(2)15(11)19(20)21)10-17-8-5-13-3-6-16-7-4-13/h3-4,6-7,9,17H,5,8,10H2,1-2H3. The molecule has 0 radical (unpaired) electrons. The molecule has 2 rings (SSSR count). The third-order valence-electron chi connectivity index (χ3n) is 3.39. The highest BCUT2D eigenvalue weighted by Crippen LogP contribution is 2.23. The molecule has 0 spiro atoms. The van der Waals surface area contributed by atoms with Crippen molar-refractivity contribution < 1.29 is 4.92 Å². The minimum Gasteiger partial charge on any atom is -0.311 e. The fourth-order valence-electron chi connectivity index (χ4n) is 2.21. The first kappa shape index (κ1) is 15.1. The first-order valence-corrected chi connectivity index (χ1v) is 6.78. The van der Waals surface area contributed by atoms with Gasteiger partial charge in [-0.05, 0) is 44.5 Å². The van der Waals surface area contributed by atoms with Crippen LogP contribution < -0.4 is 5.32 Å². The summed E-state index contributed by atoms with van der Waals surface area (Å²) in [6, 6.07) is 3.95. The van der Waals surface area contributed by atoms with Gasteiger partial charge < -0.3 is 5.32 Å². The lowest BCUT2D eigenvalue weighted by atomic mass is 10.1. The van der Waals surface area contributed by atoms with Crippen LogP contribution >= 0.6 is 0 Å².